The predicted molar refractivity (Wildman–Crippen MR) is 97.6 cm³/mol. The van der Waals surface area contributed by atoms with E-state index in [1.54, 1.807) is 0 Å². The lowest BCUT2D eigenvalue weighted by Crippen LogP contribution is -2.57. The summed E-state index contributed by atoms with van der Waals surface area (Å²) in [4.78, 5) is 4.51. The molecule has 6 nitrogen and oxygen atoms in total. The van der Waals surface area contributed by atoms with E-state index in [0.29, 0.717) is 0 Å². The zero-order chi connectivity index (χ0) is 17.6. The molecule has 0 saturated carbocycles. The van der Waals surface area contributed by atoms with Crippen LogP contribution in [0.15, 0.2) is 36.7 Å². The van der Waals surface area contributed by atoms with Crippen LogP contribution in [0.1, 0.15) is 11.1 Å². The summed E-state index contributed by atoms with van der Waals surface area (Å²) in [5, 5.41) is 4.48. The number of hydrogen-bond donors (Lipinski definition) is 0. The number of fused-ring (bicyclic) bond motifs is 1. The van der Waals surface area contributed by atoms with E-state index in [-0.39, 0.29) is 23.6 Å². The molecule has 7 heteroatoms. The van der Waals surface area contributed by atoms with Gasteiger partial charge < -0.3 is 0 Å². The fraction of sp³-hybridized carbons (Fsp3) is 0.500. The molecule has 2 saturated heterocycles. The van der Waals surface area contributed by atoms with Gasteiger partial charge >= 0.3 is 0 Å². The lowest BCUT2D eigenvalue weighted by molar-refractivity contribution is 0.0573. The van der Waals surface area contributed by atoms with Crippen molar-refractivity contribution in [3.05, 3.63) is 47.8 Å². The van der Waals surface area contributed by atoms with Crippen molar-refractivity contribution in [3.63, 3.8) is 0 Å². The van der Waals surface area contributed by atoms with Crippen molar-refractivity contribution in [2.75, 3.05) is 31.6 Å². The van der Waals surface area contributed by atoms with E-state index in [9.17, 15) is 8.42 Å². The SMILES string of the molecule is Cc1cccc(-n2cc(CN3CCN(C)C4CS(=O)(=O)CC43)cn2)c1. The first-order valence-electron chi connectivity index (χ1n) is 8.67. The Bertz CT molecular complexity index is 877. The molecule has 0 radical (unpaired) electrons. The third-order valence-electron chi connectivity index (χ3n) is 5.36. The van der Waals surface area contributed by atoms with E-state index in [1.165, 1.54) is 5.56 Å². The van der Waals surface area contributed by atoms with Crippen molar-refractivity contribution in [1.29, 1.82) is 0 Å². The first-order chi connectivity index (χ1) is 11.9. The average Bonchev–Trinajstić information content (AvgIpc) is 3.14. The Labute approximate surface area is 149 Å². The van der Waals surface area contributed by atoms with Gasteiger partial charge in [0.1, 0.15) is 0 Å². The Morgan fingerprint density at radius 2 is 2.00 bits per heavy atom. The number of piperazine rings is 1. The van der Waals surface area contributed by atoms with Gasteiger partial charge in [-0.3, -0.25) is 9.80 Å². The van der Waals surface area contributed by atoms with Crippen LogP contribution in [-0.2, 0) is 16.4 Å². The van der Waals surface area contributed by atoms with Crippen molar-refractivity contribution >= 4 is 9.84 Å². The van der Waals surface area contributed by atoms with Gasteiger partial charge in [-0.1, -0.05) is 12.1 Å². The third-order valence-corrected chi connectivity index (χ3v) is 7.06. The summed E-state index contributed by atoms with van der Waals surface area (Å²) < 4.78 is 26.1. The second-order valence-corrected chi connectivity index (χ2v) is 9.45. The van der Waals surface area contributed by atoms with Gasteiger partial charge in [0.25, 0.3) is 0 Å². The standard InChI is InChI=1S/C18H24N4O2S/c1-14-4-3-5-16(8-14)22-11-15(9-19-22)10-21-7-6-20(2)17-12-25(23,24)13-18(17)21/h3-5,8-9,11,17-18H,6-7,10,12-13H2,1-2H3. The molecule has 134 valence electrons. The highest BCUT2D eigenvalue weighted by atomic mass is 32.2. The molecule has 4 rings (SSSR count). The minimum Gasteiger partial charge on any atom is -0.300 e. The Kier molecular flexibility index (Phi) is 4.17. The molecule has 2 atom stereocenters. The van der Waals surface area contributed by atoms with E-state index >= 15 is 0 Å². The lowest BCUT2D eigenvalue weighted by Gasteiger charge is -2.42. The van der Waals surface area contributed by atoms with Crippen molar-refractivity contribution in [2.24, 2.45) is 0 Å². The fourth-order valence-electron chi connectivity index (χ4n) is 3.98. The Morgan fingerprint density at radius 1 is 1.20 bits per heavy atom. The topological polar surface area (TPSA) is 58.4 Å². The summed E-state index contributed by atoms with van der Waals surface area (Å²) in [6.07, 6.45) is 3.94. The molecule has 2 aliphatic heterocycles. The molecule has 0 N–H and O–H groups in total. The number of sulfone groups is 1. The minimum atomic E-state index is -2.93. The van der Waals surface area contributed by atoms with Crippen molar-refractivity contribution in [1.82, 2.24) is 19.6 Å². The van der Waals surface area contributed by atoms with Gasteiger partial charge in [0.15, 0.2) is 9.84 Å². The maximum absolute atomic E-state index is 12.1. The molecule has 2 aromatic rings. The van der Waals surface area contributed by atoms with Gasteiger partial charge in [0.05, 0.1) is 23.4 Å². The number of hydrogen-bond acceptors (Lipinski definition) is 5. The summed E-state index contributed by atoms with van der Waals surface area (Å²) in [5.41, 5.74) is 3.37. The van der Waals surface area contributed by atoms with Crippen LogP contribution in [0.3, 0.4) is 0 Å². The molecule has 0 spiro atoms. The van der Waals surface area contributed by atoms with Crippen LogP contribution >= 0.6 is 0 Å². The molecule has 1 aromatic carbocycles. The van der Waals surface area contributed by atoms with Gasteiger partial charge in [-0.15, -0.1) is 0 Å². The van der Waals surface area contributed by atoms with Gasteiger partial charge in [-0.05, 0) is 31.7 Å². The number of aromatic nitrogens is 2. The van der Waals surface area contributed by atoms with Crippen molar-refractivity contribution in [2.45, 2.75) is 25.6 Å². The third kappa shape index (κ3) is 3.36. The smallest absolute Gasteiger partial charge is 0.153 e. The molecule has 0 bridgehead atoms. The van der Waals surface area contributed by atoms with E-state index in [2.05, 4.69) is 34.0 Å². The van der Waals surface area contributed by atoms with E-state index in [0.717, 1.165) is 30.9 Å². The Balaban J connectivity index is 1.53. The summed E-state index contributed by atoms with van der Waals surface area (Å²) in [6, 6.07) is 8.45. The monoisotopic (exact) mass is 360 g/mol. The first kappa shape index (κ1) is 16.8. The van der Waals surface area contributed by atoms with Crippen LogP contribution in [0, 0.1) is 6.92 Å². The van der Waals surface area contributed by atoms with Crippen LogP contribution < -0.4 is 0 Å². The highest BCUT2D eigenvalue weighted by Crippen LogP contribution is 2.27. The van der Waals surface area contributed by atoms with Gasteiger partial charge in [0.2, 0.25) is 0 Å². The molecule has 3 heterocycles. The lowest BCUT2D eigenvalue weighted by atomic mass is 10.1. The number of benzene rings is 1. The highest BCUT2D eigenvalue weighted by molar-refractivity contribution is 7.91. The molecule has 25 heavy (non-hydrogen) atoms. The van der Waals surface area contributed by atoms with Crippen LogP contribution in [0.4, 0.5) is 0 Å². The molecule has 0 aliphatic carbocycles. The molecular weight excluding hydrogens is 336 g/mol. The number of nitrogens with zero attached hydrogens (tertiary/aromatic N) is 4. The highest BCUT2D eigenvalue weighted by Gasteiger charge is 2.45. The first-order valence-corrected chi connectivity index (χ1v) is 10.5. The zero-order valence-electron chi connectivity index (χ0n) is 14.7. The second kappa shape index (κ2) is 6.23. The van der Waals surface area contributed by atoms with E-state index in [1.807, 2.05) is 36.3 Å². The van der Waals surface area contributed by atoms with Crippen molar-refractivity contribution < 1.29 is 8.42 Å². The fourth-order valence-corrected chi connectivity index (χ4v) is 6.07. The number of aryl methyl sites for hydroxylation is 1. The average molecular weight is 360 g/mol. The molecule has 2 fully saturated rings. The maximum atomic E-state index is 12.1. The Morgan fingerprint density at radius 3 is 2.80 bits per heavy atom. The van der Waals surface area contributed by atoms with Crippen LogP contribution in [0.2, 0.25) is 0 Å². The van der Waals surface area contributed by atoms with Crippen LogP contribution in [0.25, 0.3) is 5.69 Å². The zero-order valence-corrected chi connectivity index (χ0v) is 15.5. The van der Waals surface area contributed by atoms with Gasteiger partial charge in [-0.2, -0.15) is 5.10 Å². The van der Waals surface area contributed by atoms with Gasteiger partial charge in [-0.25, -0.2) is 13.1 Å². The van der Waals surface area contributed by atoms with Crippen LogP contribution in [-0.4, -0.2) is 71.7 Å². The maximum Gasteiger partial charge on any atom is 0.153 e. The summed E-state index contributed by atoms with van der Waals surface area (Å²) >= 11 is 0. The molecule has 1 aromatic heterocycles. The molecular formula is C18H24N4O2S. The largest absolute Gasteiger partial charge is 0.300 e. The Hall–Kier alpha value is -1.70. The number of rotatable bonds is 3. The molecule has 2 aliphatic rings. The number of likely N-dealkylation sites (N-methyl/N-ethyl adjacent to an activating group) is 1. The van der Waals surface area contributed by atoms with E-state index < -0.39 is 9.84 Å². The van der Waals surface area contributed by atoms with Crippen molar-refractivity contribution in [3.8, 4) is 5.69 Å². The molecule has 0 amide bonds. The quantitative estimate of drug-likeness (QED) is 0.820. The predicted octanol–water partition coefficient (Wildman–Crippen LogP) is 1.09. The summed E-state index contributed by atoms with van der Waals surface area (Å²) in [5.74, 6) is 0.557. The molecule has 2 unspecified atom stereocenters. The second-order valence-electron chi connectivity index (χ2n) is 7.29. The minimum absolute atomic E-state index is 0.0890. The van der Waals surface area contributed by atoms with E-state index in [4.69, 9.17) is 0 Å². The van der Waals surface area contributed by atoms with Gasteiger partial charge in [0, 0.05) is 43.5 Å². The summed E-state index contributed by atoms with van der Waals surface area (Å²) in [6.45, 7) is 4.61. The van der Waals surface area contributed by atoms with Crippen LogP contribution in [0.5, 0.6) is 0 Å². The summed E-state index contributed by atoms with van der Waals surface area (Å²) in [7, 11) is -0.900. The normalized spacial score (nSPS) is 26.6.